The Balaban J connectivity index is 1.73. The van der Waals surface area contributed by atoms with Crippen molar-refractivity contribution in [3.05, 3.63) is 47.3 Å². The minimum absolute atomic E-state index is 0.147. The van der Waals surface area contributed by atoms with Crippen LogP contribution in [0.2, 0.25) is 0 Å². The number of piperidine rings is 1. The standard InChI is InChI=1S/C18H22N2O2S/c1-13-6-5-9-20(11-13)18(21)16-7-3-4-8-17(16)23-12-15-10-14(2)19-22-15/h3-4,7-8,10,13H,5-6,9,11-12H2,1-2H3. The fourth-order valence-electron chi connectivity index (χ4n) is 2.95. The van der Waals surface area contributed by atoms with E-state index in [1.54, 1.807) is 11.8 Å². The molecule has 4 nitrogen and oxygen atoms in total. The summed E-state index contributed by atoms with van der Waals surface area (Å²) in [5.41, 5.74) is 1.68. The summed E-state index contributed by atoms with van der Waals surface area (Å²) in [6.07, 6.45) is 2.31. The number of hydrogen-bond acceptors (Lipinski definition) is 4. The van der Waals surface area contributed by atoms with Crippen molar-refractivity contribution in [1.82, 2.24) is 10.1 Å². The van der Waals surface area contributed by atoms with Crippen LogP contribution in [0.3, 0.4) is 0 Å². The fourth-order valence-corrected chi connectivity index (χ4v) is 3.87. The van der Waals surface area contributed by atoms with Crippen molar-refractivity contribution in [2.75, 3.05) is 13.1 Å². The average Bonchev–Trinajstić information content (AvgIpc) is 2.98. The third-order valence-corrected chi connectivity index (χ3v) is 5.20. The van der Waals surface area contributed by atoms with E-state index in [2.05, 4.69) is 12.1 Å². The Kier molecular flexibility index (Phi) is 5.06. The fraction of sp³-hybridized carbons (Fsp3) is 0.444. The first kappa shape index (κ1) is 16.1. The van der Waals surface area contributed by atoms with E-state index >= 15 is 0 Å². The zero-order valence-electron chi connectivity index (χ0n) is 13.6. The highest BCUT2D eigenvalue weighted by atomic mass is 32.2. The maximum atomic E-state index is 12.9. The van der Waals surface area contributed by atoms with Crippen molar-refractivity contribution in [1.29, 1.82) is 0 Å². The van der Waals surface area contributed by atoms with E-state index in [9.17, 15) is 4.79 Å². The molecule has 0 saturated carbocycles. The molecule has 2 heterocycles. The molecule has 0 N–H and O–H groups in total. The predicted molar refractivity (Wildman–Crippen MR) is 91.5 cm³/mol. The second kappa shape index (κ2) is 7.21. The molecule has 122 valence electrons. The smallest absolute Gasteiger partial charge is 0.254 e. The summed E-state index contributed by atoms with van der Waals surface area (Å²) in [6, 6.07) is 9.78. The van der Waals surface area contributed by atoms with Gasteiger partial charge in [-0.1, -0.05) is 24.2 Å². The monoisotopic (exact) mass is 330 g/mol. The lowest BCUT2D eigenvalue weighted by Gasteiger charge is -2.31. The number of aryl methyl sites for hydroxylation is 1. The molecule has 0 bridgehead atoms. The molecular weight excluding hydrogens is 308 g/mol. The van der Waals surface area contributed by atoms with Crippen molar-refractivity contribution in [2.45, 2.75) is 37.3 Å². The van der Waals surface area contributed by atoms with E-state index in [1.807, 2.05) is 42.2 Å². The van der Waals surface area contributed by atoms with Gasteiger partial charge in [-0.05, 0) is 37.8 Å². The van der Waals surface area contributed by atoms with Crippen LogP contribution in [0.15, 0.2) is 39.8 Å². The van der Waals surface area contributed by atoms with Crippen LogP contribution in [-0.4, -0.2) is 29.1 Å². The minimum atomic E-state index is 0.147. The normalized spacial score (nSPS) is 18.2. The van der Waals surface area contributed by atoms with Crippen molar-refractivity contribution >= 4 is 17.7 Å². The van der Waals surface area contributed by atoms with Gasteiger partial charge in [0, 0.05) is 24.1 Å². The number of likely N-dealkylation sites (tertiary alicyclic amines) is 1. The lowest BCUT2D eigenvalue weighted by Crippen LogP contribution is -2.39. The molecule has 1 aromatic heterocycles. The molecule has 23 heavy (non-hydrogen) atoms. The van der Waals surface area contributed by atoms with E-state index in [-0.39, 0.29) is 5.91 Å². The highest BCUT2D eigenvalue weighted by molar-refractivity contribution is 7.98. The summed E-state index contributed by atoms with van der Waals surface area (Å²) in [4.78, 5) is 15.9. The summed E-state index contributed by atoms with van der Waals surface area (Å²) < 4.78 is 5.25. The van der Waals surface area contributed by atoms with Gasteiger partial charge < -0.3 is 9.42 Å². The van der Waals surface area contributed by atoms with E-state index < -0.39 is 0 Å². The van der Waals surface area contributed by atoms with Crippen LogP contribution in [-0.2, 0) is 5.75 Å². The van der Waals surface area contributed by atoms with Gasteiger partial charge in [0.15, 0.2) is 0 Å². The van der Waals surface area contributed by atoms with Gasteiger partial charge in [-0.2, -0.15) is 0 Å². The second-order valence-corrected chi connectivity index (χ2v) is 7.24. The van der Waals surface area contributed by atoms with E-state index in [1.165, 1.54) is 6.42 Å². The molecule has 1 saturated heterocycles. The summed E-state index contributed by atoms with van der Waals surface area (Å²) in [5.74, 6) is 2.25. The molecule has 1 aliphatic heterocycles. The lowest BCUT2D eigenvalue weighted by atomic mass is 9.99. The number of carbonyl (C=O) groups excluding carboxylic acids is 1. The van der Waals surface area contributed by atoms with Gasteiger partial charge in [0.25, 0.3) is 5.91 Å². The zero-order valence-corrected chi connectivity index (χ0v) is 14.4. The van der Waals surface area contributed by atoms with Gasteiger partial charge in [-0.15, -0.1) is 11.8 Å². The molecular formula is C18H22N2O2S. The Morgan fingerprint density at radius 3 is 3.00 bits per heavy atom. The third-order valence-electron chi connectivity index (χ3n) is 4.11. The molecule has 0 radical (unpaired) electrons. The van der Waals surface area contributed by atoms with E-state index in [4.69, 9.17) is 4.52 Å². The maximum absolute atomic E-state index is 12.9. The molecule has 0 spiro atoms. The number of benzene rings is 1. The Hall–Kier alpha value is -1.75. The quantitative estimate of drug-likeness (QED) is 0.790. The maximum Gasteiger partial charge on any atom is 0.254 e. The number of thioether (sulfide) groups is 1. The number of aromatic nitrogens is 1. The van der Waals surface area contributed by atoms with Crippen LogP contribution in [0.4, 0.5) is 0 Å². The summed E-state index contributed by atoms with van der Waals surface area (Å²) in [6.45, 7) is 5.85. The molecule has 1 atom stereocenters. The summed E-state index contributed by atoms with van der Waals surface area (Å²) >= 11 is 1.63. The Bertz CT molecular complexity index is 683. The highest BCUT2D eigenvalue weighted by Gasteiger charge is 2.23. The van der Waals surface area contributed by atoms with Gasteiger partial charge in [0.2, 0.25) is 0 Å². The average molecular weight is 330 g/mol. The number of carbonyl (C=O) groups is 1. The van der Waals surface area contributed by atoms with Gasteiger partial charge in [0.05, 0.1) is 17.0 Å². The first-order valence-electron chi connectivity index (χ1n) is 8.07. The lowest BCUT2D eigenvalue weighted by molar-refractivity contribution is 0.0679. The third kappa shape index (κ3) is 3.96. The number of nitrogens with zero attached hydrogens (tertiary/aromatic N) is 2. The number of amides is 1. The number of hydrogen-bond donors (Lipinski definition) is 0. The van der Waals surface area contributed by atoms with Crippen LogP contribution < -0.4 is 0 Å². The Morgan fingerprint density at radius 2 is 2.26 bits per heavy atom. The van der Waals surface area contributed by atoms with Gasteiger partial charge in [-0.3, -0.25) is 4.79 Å². The molecule has 1 unspecified atom stereocenters. The molecule has 1 aliphatic rings. The van der Waals surface area contributed by atoms with Crippen molar-refractivity contribution in [3.8, 4) is 0 Å². The van der Waals surface area contributed by atoms with E-state index in [0.29, 0.717) is 11.7 Å². The van der Waals surface area contributed by atoms with Crippen LogP contribution in [0.25, 0.3) is 0 Å². The van der Waals surface area contributed by atoms with Crippen LogP contribution >= 0.6 is 11.8 Å². The minimum Gasteiger partial charge on any atom is -0.360 e. The van der Waals surface area contributed by atoms with Crippen molar-refractivity contribution in [2.24, 2.45) is 5.92 Å². The molecule has 3 rings (SSSR count). The topological polar surface area (TPSA) is 46.3 Å². The molecule has 1 amide bonds. The molecule has 0 aliphatic carbocycles. The zero-order chi connectivity index (χ0) is 16.2. The van der Waals surface area contributed by atoms with Crippen LogP contribution in [0.1, 0.15) is 41.6 Å². The first-order valence-corrected chi connectivity index (χ1v) is 9.05. The summed E-state index contributed by atoms with van der Waals surface area (Å²) in [5, 5.41) is 3.90. The van der Waals surface area contributed by atoms with Gasteiger partial charge in [-0.25, -0.2) is 0 Å². The predicted octanol–water partition coefficient (Wildman–Crippen LogP) is 4.15. The summed E-state index contributed by atoms with van der Waals surface area (Å²) in [7, 11) is 0. The molecule has 5 heteroatoms. The first-order chi connectivity index (χ1) is 11.1. The molecule has 1 fully saturated rings. The SMILES string of the molecule is Cc1cc(CSc2ccccc2C(=O)N2CCCC(C)C2)on1. The largest absolute Gasteiger partial charge is 0.360 e. The van der Waals surface area contributed by atoms with Crippen molar-refractivity contribution < 1.29 is 9.32 Å². The van der Waals surface area contributed by atoms with Crippen LogP contribution in [0.5, 0.6) is 0 Å². The number of rotatable bonds is 4. The second-order valence-electron chi connectivity index (χ2n) is 6.22. The molecule has 2 aromatic rings. The molecule has 1 aromatic carbocycles. The van der Waals surface area contributed by atoms with Gasteiger partial charge >= 0.3 is 0 Å². The van der Waals surface area contributed by atoms with Crippen molar-refractivity contribution in [3.63, 3.8) is 0 Å². The van der Waals surface area contributed by atoms with Crippen LogP contribution in [0, 0.1) is 12.8 Å². The van der Waals surface area contributed by atoms with Gasteiger partial charge in [0.1, 0.15) is 5.76 Å². The Morgan fingerprint density at radius 1 is 1.43 bits per heavy atom. The van der Waals surface area contributed by atoms with E-state index in [0.717, 1.165) is 41.4 Å². The Labute approximate surface area is 141 Å². The highest BCUT2D eigenvalue weighted by Crippen LogP contribution is 2.28.